The van der Waals surface area contributed by atoms with Crippen molar-refractivity contribution in [2.75, 3.05) is 13.1 Å². The van der Waals surface area contributed by atoms with Crippen molar-refractivity contribution in [3.63, 3.8) is 0 Å². The van der Waals surface area contributed by atoms with Crippen molar-refractivity contribution in [3.05, 3.63) is 41.6 Å². The van der Waals surface area contributed by atoms with Crippen molar-refractivity contribution in [1.82, 2.24) is 15.1 Å². The Morgan fingerprint density at radius 3 is 2.55 bits per heavy atom. The zero-order valence-corrected chi connectivity index (χ0v) is 11.7. The van der Waals surface area contributed by atoms with Gasteiger partial charge in [-0.25, -0.2) is 0 Å². The molecule has 1 aliphatic heterocycles. The molecule has 3 rings (SSSR count). The summed E-state index contributed by atoms with van der Waals surface area (Å²) in [4.78, 5) is 14.2. The maximum atomic E-state index is 12.2. The minimum Gasteiger partial charge on any atom is -0.339 e. The molecule has 1 N–H and O–H groups in total. The number of aryl methyl sites for hydroxylation is 1. The molecule has 0 bridgehead atoms. The largest absolute Gasteiger partial charge is 0.339 e. The van der Waals surface area contributed by atoms with Crippen LogP contribution in [0, 0.1) is 0 Å². The van der Waals surface area contributed by atoms with Crippen molar-refractivity contribution in [3.8, 4) is 11.3 Å². The van der Waals surface area contributed by atoms with Gasteiger partial charge < -0.3 is 4.90 Å². The van der Waals surface area contributed by atoms with Crippen molar-refractivity contribution in [1.29, 1.82) is 0 Å². The highest BCUT2D eigenvalue weighted by Crippen LogP contribution is 2.20. The molecule has 20 heavy (non-hydrogen) atoms. The molecular weight excluding hydrogens is 250 g/mol. The Morgan fingerprint density at radius 2 is 1.95 bits per heavy atom. The molecule has 0 spiro atoms. The van der Waals surface area contributed by atoms with Gasteiger partial charge >= 0.3 is 0 Å². The number of H-pyrrole nitrogens is 1. The molecule has 0 radical (unpaired) electrons. The summed E-state index contributed by atoms with van der Waals surface area (Å²) < 4.78 is 0. The number of carbonyl (C=O) groups excluding carboxylic acids is 1. The summed E-state index contributed by atoms with van der Waals surface area (Å²) in [7, 11) is 0. The Kier molecular flexibility index (Phi) is 3.54. The fraction of sp³-hybridized carbons (Fsp3) is 0.375. The minimum atomic E-state index is 0.144. The topological polar surface area (TPSA) is 49.0 Å². The van der Waals surface area contributed by atoms with E-state index in [0.29, 0.717) is 0 Å². The van der Waals surface area contributed by atoms with Crippen molar-refractivity contribution in [2.45, 2.75) is 26.2 Å². The predicted octanol–water partition coefficient (Wildman–Crippen LogP) is 2.88. The molecule has 104 valence electrons. The van der Waals surface area contributed by atoms with E-state index in [9.17, 15) is 4.79 Å². The zero-order chi connectivity index (χ0) is 13.9. The zero-order valence-electron chi connectivity index (χ0n) is 11.7. The normalized spacial score (nSPS) is 14.8. The number of amides is 1. The molecule has 0 atom stereocenters. The van der Waals surface area contributed by atoms with E-state index in [4.69, 9.17) is 0 Å². The van der Waals surface area contributed by atoms with Crippen LogP contribution < -0.4 is 0 Å². The Bertz CT molecular complexity index is 594. The molecule has 1 saturated heterocycles. The standard InChI is InChI=1S/C16H19N3O/c1-2-14-11-15(18-17-14)12-5-7-13(8-6-12)16(20)19-9-3-4-10-19/h5-8,11H,2-4,9-10H2,1H3,(H,17,18). The molecule has 0 aliphatic carbocycles. The van der Waals surface area contributed by atoms with Gasteiger partial charge in [0.2, 0.25) is 0 Å². The lowest BCUT2D eigenvalue weighted by Gasteiger charge is -2.15. The van der Waals surface area contributed by atoms with E-state index in [0.717, 1.165) is 54.9 Å². The Balaban J connectivity index is 1.78. The van der Waals surface area contributed by atoms with Crippen LogP contribution in [0.2, 0.25) is 0 Å². The summed E-state index contributed by atoms with van der Waals surface area (Å²) >= 11 is 0. The third-order valence-electron chi connectivity index (χ3n) is 3.83. The van der Waals surface area contributed by atoms with E-state index in [1.807, 2.05) is 29.2 Å². The van der Waals surface area contributed by atoms with E-state index in [2.05, 4.69) is 23.2 Å². The highest BCUT2D eigenvalue weighted by Gasteiger charge is 2.19. The van der Waals surface area contributed by atoms with Gasteiger partial charge in [-0.15, -0.1) is 0 Å². The fourth-order valence-corrected chi connectivity index (χ4v) is 2.58. The second-order valence-corrected chi connectivity index (χ2v) is 5.21. The molecule has 1 aromatic heterocycles. The third kappa shape index (κ3) is 2.46. The number of hydrogen-bond donors (Lipinski definition) is 1. The quantitative estimate of drug-likeness (QED) is 0.931. The number of nitrogens with zero attached hydrogens (tertiary/aromatic N) is 2. The van der Waals surface area contributed by atoms with E-state index < -0.39 is 0 Å². The van der Waals surface area contributed by atoms with Gasteiger partial charge in [-0.2, -0.15) is 5.10 Å². The number of aromatic nitrogens is 2. The number of nitrogens with one attached hydrogen (secondary N) is 1. The van der Waals surface area contributed by atoms with Crippen LogP contribution >= 0.6 is 0 Å². The second-order valence-electron chi connectivity index (χ2n) is 5.21. The average Bonchev–Trinajstić information content (AvgIpc) is 3.18. The molecule has 1 aromatic carbocycles. The first kappa shape index (κ1) is 12.9. The van der Waals surface area contributed by atoms with Crippen molar-refractivity contribution < 1.29 is 4.79 Å². The molecule has 1 fully saturated rings. The summed E-state index contributed by atoms with van der Waals surface area (Å²) in [6.07, 6.45) is 3.19. The minimum absolute atomic E-state index is 0.144. The average molecular weight is 269 g/mol. The van der Waals surface area contributed by atoms with Gasteiger partial charge in [0.1, 0.15) is 0 Å². The number of carbonyl (C=O) groups is 1. The number of likely N-dealkylation sites (tertiary alicyclic amines) is 1. The van der Waals surface area contributed by atoms with Gasteiger partial charge in [0.15, 0.2) is 0 Å². The summed E-state index contributed by atoms with van der Waals surface area (Å²) in [6, 6.07) is 9.79. The van der Waals surface area contributed by atoms with Gasteiger partial charge in [0.25, 0.3) is 5.91 Å². The Hall–Kier alpha value is -2.10. The van der Waals surface area contributed by atoms with Gasteiger partial charge in [-0.1, -0.05) is 19.1 Å². The molecule has 4 heteroatoms. The van der Waals surface area contributed by atoms with Crippen LogP contribution in [0.4, 0.5) is 0 Å². The first-order chi connectivity index (χ1) is 9.78. The van der Waals surface area contributed by atoms with Crippen LogP contribution in [-0.4, -0.2) is 34.1 Å². The Morgan fingerprint density at radius 1 is 1.25 bits per heavy atom. The first-order valence-electron chi connectivity index (χ1n) is 7.22. The lowest BCUT2D eigenvalue weighted by molar-refractivity contribution is 0.0793. The van der Waals surface area contributed by atoms with E-state index in [1.165, 1.54) is 0 Å². The van der Waals surface area contributed by atoms with Gasteiger partial charge in [-0.05, 0) is 37.5 Å². The predicted molar refractivity (Wildman–Crippen MR) is 78.5 cm³/mol. The van der Waals surface area contributed by atoms with E-state index in [1.54, 1.807) is 0 Å². The molecular formula is C16H19N3O. The second kappa shape index (κ2) is 5.49. The van der Waals surface area contributed by atoms with Gasteiger partial charge in [-0.3, -0.25) is 9.89 Å². The molecule has 2 aromatic rings. The number of benzene rings is 1. The lowest BCUT2D eigenvalue weighted by atomic mass is 10.1. The summed E-state index contributed by atoms with van der Waals surface area (Å²) in [6.45, 7) is 3.87. The fourth-order valence-electron chi connectivity index (χ4n) is 2.58. The maximum absolute atomic E-state index is 12.2. The molecule has 1 amide bonds. The highest BCUT2D eigenvalue weighted by molar-refractivity contribution is 5.94. The number of rotatable bonds is 3. The summed E-state index contributed by atoms with van der Waals surface area (Å²) in [5, 5.41) is 7.30. The first-order valence-corrected chi connectivity index (χ1v) is 7.22. The summed E-state index contributed by atoms with van der Waals surface area (Å²) in [5.41, 5.74) is 3.86. The van der Waals surface area contributed by atoms with E-state index in [-0.39, 0.29) is 5.91 Å². The Labute approximate surface area is 118 Å². The third-order valence-corrected chi connectivity index (χ3v) is 3.83. The molecule has 1 aliphatic rings. The molecule has 4 nitrogen and oxygen atoms in total. The van der Waals surface area contributed by atoms with Crippen LogP contribution in [-0.2, 0) is 6.42 Å². The number of aromatic amines is 1. The van der Waals surface area contributed by atoms with Crippen LogP contribution in [0.1, 0.15) is 35.8 Å². The van der Waals surface area contributed by atoms with E-state index >= 15 is 0 Å². The van der Waals surface area contributed by atoms with Crippen LogP contribution in [0.3, 0.4) is 0 Å². The van der Waals surface area contributed by atoms with Crippen LogP contribution in [0.5, 0.6) is 0 Å². The summed E-state index contributed by atoms with van der Waals surface area (Å²) in [5.74, 6) is 0.144. The maximum Gasteiger partial charge on any atom is 0.253 e. The monoisotopic (exact) mass is 269 g/mol. The van der Waals surface area contributed by atoms with Crippen LogP contribution in [0.15, 0.2) is 30.3 Å². The van der Waals surface area contributed by atoms with Crippen molar-refractivity contribution in [2.24, 2.45) is 0 Å². The van der Waals surface area contributed by atoms with Gasteiger partial charge in [0.05, 0.1) is 5.69 Å². The van der Waals surface area contributed by atoms with Gasteiger partial charge in [0, 0.05) is 29.9 Å². The SMILES string of the molecule is CCc1cc(-c2ccc(C(=O)N3CCCC3)cc2)n[nH]1. The number of hydrogen-bond acceptors (Lipinski definition) is 2. The highest BCUT2D eigenvalue weighted by atomic mass is 16.2. The smallest absolute Gasteiger partial charge is 0.253 e. The molecule has 2 heterocycles. The van der Waals surface area contributed by atoms with Crippen LogP contribution in [0.25, 0.3) is 11.3 Å². The lowest BCUT2D eigenvalue weighted by Crippen LogP contribution is -2.27. The van der Waals surface area contributed by atoms with Crippen molar-refractivity contribution >= 4 is 5.91 Å². The molecule has 0 saturated carbocycles. The molecule has 0 unspecified atom stereocenters.